The third kappa shape index (κ3) is 4.58. The summed E-state index contributed by atoms with van der Waals surface area (Å²) >= 11 is 1.57. The molecule has 2 aromatic heterocycles. The van der Waals surface area contributed by atoms with Gasteiger partial charge in [-0.2, -0.15) is 0 Å². The summed E-state index contributed by atoms with van der Waals surface area (Å²) in [7, 11) is 1.68. The first-order valence-electron chi connectivity index (χ1n) is 12.6. The predicted molar refractivity (Wildman–Crippen MR) is 134 cm³/mol. The molecule has 3 aliphatic rings. The highest BCUT2D eigenvalue weighted by atomic mass is 32.2. The van der Waals surface area contributed by atoms with Crippen molar-refractivity contribution in [2.24, 2.45) is 0 Å². The van der Waals surface area contributed by atoms with Crippen molar-refractivity contribution < 1.29 is 23.0 Å². The van der Waals surface area contributed by atoms with Gasteiger partial charge >= 0.3 is 0 Å². The average molecular weight is 533 g/mol. The maximum Gasteiger partial charge on any atom is 0.191 e. The molecular weight excluding hydrogens is 502 g/mol. The summed E-state index contributed by atoms with van der Waals surface area (Å²) in [6, 6.07) is 3.94. The van der Waals surface area contributed by atoms with E-state index in [4.69, 9.17) is 24.2 Å². The first-order chi connectivity index (χ1) is 17.8. The molecule has 9 nitrogen and oxygen atoms in total. The Morgan fingerprint density at radius 1 is 1.16 bits per heavy atom. The van der Waals surface area contributed by atoms with Crippen LogP contribution in [0.5, 0.6) is 0 Å². The molecule has 3 heterocycles. The lowest BCUT2D eigenvalue weighted by molar-refractivity contribution is -0.168. The van der Waals surface area contributed by atoms with Gasteiger partial charge in [-0.25, -0.2) is 23.4 Å². The van der Waals surface area contributed by atoms with Crippen molar-refractivity contribution in [1.82, 2.24) is 25.0 Å². The molecule has 3 aromatic rings. The molecule has 2 saturated carbocycles. The Kier molecular flexibility index (Phi) is 6.33. The monoisotopic (exact) mass is 532 g/mol. The molecule has 1 aliphatic heterocycles. The quantitative estimate of drug-likeness (QED) is 0.333. The fourth-order valence-corrected chi connectivity index (χ4v) is 6.11. The lowest BCUT2D eigenvalue weighted by Gasteiger charge is -2.23. The summed E-state index contributed by atoms with van der Waals surface area (Å²) in [5.74, 6) is -0.868. The molecular formula is C25H30F2N6O3S. The van der Waals surface area contributed by atoms with Crippen LogP contribution in [0, 0.1) is 11.6 Å². The third-order valence-corrected chi connectivity index (χ3v) is 8.28. The van der Waals surface area contributed by atoms with Crippen LogP contribution in [0.1, 0.15) is 57.6 Å². The molecule has 6 rings (SSSR count). The Balaban J connectivity index is 1.32. The average Bonchev–Trinajstić information content (AvgIpc) is 3.19. The number of thioether (sulfide) groups is 1. The van der Waals surface area contributed by atoms with Gasteiger partial charge in [-0.15, -0.1) is 5.10 Å². The van der Waals surface area contributed by atoms with Crippen LogP contribution in [0.3, 0.4) is 0 Å². The molecule has 0 bridgehead atoms. The van der Waals surface area contributed by atoms with E-state index in [0.717, 1.165) is 24.2 Å². The van der Waals surface area contributed by atoms with E-state index in [1.807, 2.05) is 18.5 Å². The van der Waals surface area contributed by atoms with Gasteiger partial charge in [-0.05, 0) is 44.4 Å². The van der Waals surface area contributed by atoms with Gasteiger partial charge in [0, 0.05) is 31.2 Å². The smallest absolute Gasteiger partial charge is 0.191 e. The number of aromatic nitrogens is 5. The molecule has 1 saturated heterocycles. The maximum absolute atomic E-state index is 13.8. The van der Waals surface area contributed by atoms with E-state index in [9.17, 15) is 8.78 Å². The Morgan fingerprint density at radius 3 is 2.73 bits per heavy atom. The SMILES string of the molecule is CCCSc1nc(N[C@@H]2C[C@H]2c2ccc(F)c(F)c2)c2nnn([C@@H]3C[C@H](OC)[C@H]4OC(C)(C)O[C@H]43)c2n1. The van der Waals surface area contributed by atoms with Gasteiger partial charge < -0.3 is 19.5 Å². The van der Waals surface area contributed by atoms with Crippen molar-refractivity contribution in [2.45, 2.75) is 87.3 Å². The number of hydrogen-bond donors (Lipinski definition) is 1. The van der Waals surface area contributed by atoms with Gasteiger partial charge in [-0.3, -0.25) is 0 Å². The number of hydrogen-bond acceptors (Lipinski definition) is 9. The zero-order chi connectivity index (χ0) is 25.9. The van der Waals surface area contributed by atoms with E-state index < -0.39 is 17.4 Å². The number of anilines is 1. The standard InChI is InChI=1S/C25H30F2N6O3S/c1-5-8-37-24-29-22(28-16-10-13(16)12-6-7-14(26)15(27)9-12)19-23(30-24)33(32-31-19)17-11-18(34-4)21-20(17)35-25(2,3)36-21/h6-7,9,13,16-18,20-21H,5,8,10-11H2,1-4H3,(H,28,29,30)/t13-,16+,17+,18-,20-,21+/m0/s1. The zero-order valence-electron chi connectivity index (χ0n) is 21.1. The van der Waals surface area contributed by atoms with E-state index in [1.165, 1.54) is 12.1 Å². The predicted octanol–water partition coefficient (Wildman–Crippen LogP) is 4.45. The number of nitrogens with one attached hydrogen (secondary N) is 1. The second-order valence-corrected chi connectivity index (χ2v) is 11.4. The van der Waals surface area contributed by atoms with Gasteiger partial charge in [0.05, 0.1) is 12.1 Å². The third-order valence-electron chi connectivity index (χ3n) is 7.22. The highest BCUT2D eigenvalue weighted by Crippen LogP contribution is 2.46. The Labute approximate surface area is 217 Å². The fourth-order valence-electron chi connectivity index (χ4n) is 5.41. The molecule has 2 aliphatic carbocycles. The van der Waals surface area contributed by atoms with Crippen molar-refractivity contribution in [3.05, 3.63) is 35.4 Å². The molecule has 37 heavy (non-hydrogen) atoms. The van der Waals surface area contributed by atoms with Crippen molar-refractivity contribution in [2.75, 3.05) is 18.2 Å². The van der Waals surface area contributed by atoms with Crippen LogP contribution in [-0.2, 0) is 14.2 Å². The molecule has 0 amide bonds. The van der Waals surface area contributed by atoms with Gasteiger partial charge in [-0.1, -0.05) is 30.0 Å². The molecule has 6 atom stereocenters. The van der Waals surface area contributed by atoms with Crippen molar-refractivity contribution in [1.29, 1.82) is 0 Å². The molecule has 0 unspecified atom stereocenters. The van der Waals surface area contributed by atoms with E-state index in [-0.39, 0.29) is 36.3 Å². The summed E-state index contributed by atoms with van der Waals surface area (Å²) in [6.07, 6.45) is 1.84. The number of methoxy groups -OCH3 is 1. The molecule has 0 spiro atoms. The van der Waals surface area contributed by atoms with E-state index in [2.05, 4.69) is 22.6 Å². The molecule has 1 aromatic carbocycles. The van der Waals surface area contributed by atoms with Crippen LogP contribution < -0.4 is 5.32 Å². The lowest BCUT2D eigenvalue weighted by Crippen LogP contribution is -2.30. The summed E-state index contributed by atoms with van der Waals surface area (Å²) < 4.78 is 47.1. The minimum Gasteiger partial charge on any atom is -0.379 e. The number of benzene rings is 1. The van der Waals surface area contributed by atoms with Crippen LogP contribution >= 0.6 is 11.8 Å². The summed E-state index contributed by atoms with van der Waals surface area (Å²) in [6.45, 7) is 5.91. The lowest BCUT2D eigenvalue weighted by atomic mass is 10.1. The van der Waals surface area contributed by atoms with Gasteiger partial charge in [0.1, 0.15) is 12.2 Å². The highest BCUT2D eigenvalue weighted by molar-refractivity contribution is 7.99. The highest BCUT2D eigenvalue weighted by Gasteiger charge is 2.55. The van der Waals surface area contributed by atoms with Crippen LogP contribution in [0.2, 0.25) is 0 Å². The summed E-state index contributed by atoms with van der Waals surface area (Å²) in [5, 5.41) is 13.1. The maximum atomic E-state index is 13.8. The Hall–Kier alpha value is -2.41. The van der Waals surface area contributed by atoms with Crippen molar-refractivity contribution in [3.63, 3.8) is 0 Å². The largest absolute Gasteiger partial charge is 0.379 e. The number of halogens is 2. The van der Waals surface area contributed by atoms with Crippen molar-refractivity contribution >= 4 is 28.7 Å². The van der Waals surface area contributed by atoms with Gasteiger partial charge in [0.2, 0.25) is 0 Å². The van der Waals surface area contributed by atoms with E-state index in [1.54, 1.807) is 24.9 Å². The van der Waals surface area contributed by atoms with Gasteiger partial charge in [0.25, 0.3) is 0 Å². The number of fused-ring (bicyclic) bond motifs is 2. The number of ether oxygens (including phenoxy) is 3. The molecule has 0 radical (unpaired) electrons. The van der Waals surface area contributed by atoms with E-state index >= 15 is 0 Å². The normalized spacial score (nSPS) is 30.1. The first kappa shape index (κ1) is 24.9. The Bertz CT molecular complexity index is 1320. The number of rotatable bonds is 8. The van der Waals surface area contributed by atoms with Crippen LogP contribution in [-0.4, -0.2) is 68.0 Å². The Morgan fingerprint density at radius 2 is 1.97 bits per heavy atom. The zero-order valence-corrected chi connectivity index (χ0v) is 22.0. The molecule has 3 fully saturated rings. The fraction of sp³-hybridized carbons (Fsp3) is 0.600. The van der Waals surface area contributed by atoms with Crippen molar-refractivity contribution in [3.8, 4) is 0 Å². The number of nitrogens with zero attached hydrogens (tertiary/aromatic N) is 5. The van der Waals surface area contributed by atoms with Crippen LogP contribution in [0.4, 0.5) is 14.6 Å². The minimum atomic E-state index is -0.842. The van der Waals surface area contributed by atoms with Crippen LogP contribution in [0.15, 0.2) is 23.4 Å². The second-order valence-electron chi connectivity index (χ2n) is 10.3. The minimum absolute atomic E-state index is 0.0261. The summed E-state index contributed by atoms with van der Waals surface area (Å²) in [5.41, 5.74) is 1.94. The summed E-state index contributed by atoms with van der Waals surface area (Å²) in [4.78, 5) is 9.58. The van der Waals surface area contributed by atoms with E-state index in [0.29, 0.717) is 28.6 Å². The van der Waals surface area contributed by atoms with Crippen LogP contribution in [0.25, 0.3) is 11.2 Å². The molecule has 198 valence electrons. The molecule has 12 heteroatoms. The topological polar surface area (TPSA) is 96.2 Å². The second kappa shape index (κ2) is 9.40. The molecule has 1 N–H and O–H groups in total. The van der Waals surface area contributed by atoms with Gasteiger partial charge in [0.15, 0.2) is 39.6 Å². The first-order valence-corrected chi connectivity index (χ1v) is 13.6.